The number of rotatable bonds is 0. The molecule has 0 fully saturated rings. The van der Waals surface area contributed by atoms with Gasteiger partial charge in [0.1, 0.15) is 6.20 Å². The Hall–Kier alpha value is -1.59. The van der Waals surface area contributed by atoms with Crippen LogP contribution in [-0.4, -0.2) is 20.1 Å². The summed E-state index contributed by atoms with van der Waals surface area (Å²) >= 11 is 0. The summed E-state index contributed by atoms with van der Waals surface area (Å²) < 4.78 is 0. The molecule has 0 aliphatic carbocycles. The molecule has 48 valence electrons. The zero-order chi connectivity index (χ0) is 6.85. The molecule has 0 saturated heterocycles. The predicted molar refractivity (Wildman–Crippen MR) is 27.9 cm³/mol. The van der Waals surface area contributed by atoms with Gasteiger partial charge in [0.2, 0.25) is 0 Å². The van der Waals surface area contributed by atoms with Crippen molar-refractivity contribution in [3.63, 3.8) is 0 Å². The summed E-state index contributed by atoms with van der Waals surface area (Å²) in [4.78, 5) is 13.7. The Morgan fingerprint density at radius 2 is 2.44 bits per heavy atom. The van der Waals surface area contributed by atoms with E-state index in [0.29, 0.717) is 4.85 Å². The molecule has 0 unspecified atom stereocenters. The lowest BCUT2D eigenvalue weighted by molar-refractivity contribution is 0.146. The Bertz CT molecular complexity index is 267. The quantitative estimate of drug-likeness (QED) is 0.413. The van der Waals surface area contributed by atoms with Crippen LogP contribution >= 0.6 is 0 Å². The maximum Gasteiger partial charge on any atom is 0.293 e. The van der Waals surface area contributed by atoms with E-state index in [9.17, 15) is 4.79 Å². The summed E-state index contributed by atoms with van der Waals surface area (Å²) in [5.41, 5.74) is 4.39. The van der Waals surface area contributed by atoms with E-state index in [1.807, 2.05) is 0 Å². The molecule has 3 N–H and O–H groups in total. The van der Waals surface area contributed by atoms with Gasteiger partial charge in [0.25, 0.3) is 11.5 Å². The van der Waals surface area contributed by atoms with Gasteiger partial charge in [0.15, 0.2) is 0 Å². The average Bonchev–Trinajstić information content (AvgIpc) is 1.80. The van der Waals surface area contributed by atoms with Gasteiger partial charge < -0.3 is 10.9 Å². The van der Waals surface area contributed by atoms with Gasteiger partial charge in [0, 0.05) is 0 Å². The van der Waals surface area contributed by atoms with Crippen molar-refractivity contribution < 1.29 is 5.21 Å². The first kappa shape index (κ1) is 5.54. The van der Waals surface area contributed by atoms with Gasteiger partial charge in [-0.05, 0) is 0 Å². The highest BCUT2D eigenvalue weighted by Crippen LogP contribution is 1.80. The third-order valence-corrected chi connectivity index (χ3v) is 0.707. The molecule has 0 aromatic carbocycles. The lowest BCUT2D eigenvalue weighted by atomic mass is 10.8. The molecule has 0 aliphatic heterocycles. The van der Waals surface area contributed by atoms with Gasteiger partial charge in [-0.3, -0.25) is 4.79 Å². The maximum atomic E-state index is 10.3. The lowest BCUT2D eigenvalue weighted by Gasteiger charge is -1.93. The van der Waals surface area contributed by atoms with E-state index < -0.39 is 5.56 Å². The number of nitrogens with zero attached hydrogens (tertiary/aromatic N) is 3. The van der Waals surface area contributed by atoms with Crippen molar-refractivity contribution in [3.05, 3.63) is 16.6 Å². The Labute approximate surface area is 49.5 Å². The minimum Gasteiger partial charge on any atom is -0.409 e. The number of nitrogen functional groups attached to an aromatic ring is 1. The Morgan fingerprint density at radius 3 is 2.89 bits per heavy atom. The highest BCUT2D eigenvalue weighted by molar-refractivity contribution is 5.09. The molecule has 9 heavy (non-hydrogen) atoms. The summed E-state index contributed by atoms with van der Waals surface area (Å²) in [6.45, 7) is 0. The average molecular weight is 128 g/mol. The van der Waals surface area contributed by atoms with Crippen molar-refractivity contribution in [3.8, 4) is 0 Å². The molecule has 6 nitrogen and oxygen atoms in total. The molecular weight excluding hydrogens is 124 g/mol. The first-order valence-electron chi connectivity index (χ1n) is 2.11. The molecule has 0 bridgehead atoms. The minimum atomic E-state index is -0.571. The smallest absolute Gasteiger partial charge is 0.293 e. The second-order valence-electron chi connectivity index (χ2n) is 1.34. The van der Waals surface area contributed by atoms with E-state index in [0.717, 1.165) is 6.20 Å². The van der Waals surface area contributed by atoms with Crippen molar-refractivity contribution in [1.29, 1.82) is 0 Å². The molecule has 0 amide bonds. The van der Waals surface area contributed by atoms with E-state index in [-0.39, 0.29) is 5.95 Å². The summed E-state index contributed by atoms with van der Waals surface area (Å²) in [5.74, 6) is -0.317. The van der Waals surface area contributed by atoms with E-state index in [1.54, 1.807) is 0 Å². The zero-order valence-electron chi connectivity index (χ0n) is 4.35. The molecule has 1 aromatic rings. The molecular formula is C3H4N4O2. The standard InChI is InChI=1S/C3H4N4O2/c4-3-6-2(8)1-5-7(3)9/h1,9H,(H2,4,6,8). The fourth-order valence-electron chi connectivity index (χ4n) is 0.350. The van der Waals surface area contributed by atoms with Gasteiger partial charge in [-0.15, -0.1) is 5.10 Å². The first-order chi connectivity index (χ1) is 4.20. The van der Waals surface area contributed by atoms with Crippen LogP contribution in [0, 0.1) is 0 Å². The van der Waals surface area contributed by atoms with Crippen LogP contribution in [0.3, 0.4) is 0 Å². The number of anilines is 1. The van der Waals surface area contributed by atoms with Gasteiger partial charge in [-0.1, -0.05) is 4.85 Å². The Kier molecular flexibility index (Phi) is 1.07. The number of nitrogens with two attached hydrogens (primary N) is 1. The van der Waals surface area contributed by atoms with Gasteiger partial charge in [-0.25, -0.2) is 0 Å². The van der Waals surface area contributed by atoms with Crippen LogP contribution in [0.15, 0.2) is 11.0 Å². The number of hydrogen-bond acceptors (Lipinski definition) is 5. The van der Waals surface area contributed by atoms with Gasteiger partial charge in [-0.2, -0.15) is 4.98 Å². The molecule has 0 saturated carbocycles. The van der Waals surface area contributed by atoms with Crippen LogP contribution in [-0.2, 0) is 0 Å². The van der Waals surface area contributed by atoms with Crippen molar-refractivity contribution in [2.75, 3.05) is 5.73 Å². The van der Waals surface area contributed by atoms with Gasteiger partial charge >= 0.3 is 0 Å². The second kappa shape index (κ2) is 1.73. The number of hydrogen-bond donors (Lipinski definition) is 2. The second-order valence-corrected chi connectivity index (χ2v) is 1.34. The van der Waals surface area contributed by atoms with E-state index >= 15 is 0 Å². The van der Waals surface area contributed by atoms with Crippen LogP contribution in [0.2, 0.25) is 0 Å². The highest BCUT2D eigenvalue weighted by Gasteiger charge is 1.92. The van der Waals surface area contributed by atoms with E-state index in [2.05, 4.69) is 10.1 Å². The van der Waals surface area contributed by atoms with E-state index in [1.165, 1.54) is 0 Å². The van der Waals surface area contributed by atoms with Crippen molar-refractivity contribution in [2.45, 2.75) is 0 Å². The van der Waals surface area contributed by atoms with Crippen LogP contribution in [0.25, 0.3) is 0 Å². The van der Waals surface area contributed by atoms with E-state index in [4.69, 9.17) is 10.9 Å². The van der Waals surface area contributed by atoms with Crippen molar-refractivity contribution in [1.82, 2.24) is 14.9 Å². The van der Waals surface area contributed by atoms with Crippen LogP contribution in [0.4, 0.5) is 5.95 Å². The van der Waals surface area contributed by atoms with Crippen LogP contribution in [0.1, 0.15) is 0 Å². The predicted octanol–water partition coefficient (Wildman–Crippen LogP) is -1.54. The third-order valence-electron chi connectivity index (χ3n) is 0.707. The zero-order valence-corrected chi connectivity index (χ0v) is 4.35. The molecule has 1 aromatic heterocycles. The summed E-state index contributed by atoms with van der Waals surface area (Å²) in [6.07, 6.45) is 0.857. The lowest BCUT2D eigenvalue weighted by Crippen LogP contribution is -2.16. The third kappa shape index (κ3) is 0.958. The van der Waals surface area contributed by atoms with Crippen molar-refractivity contribution in [2.24, 2.45) is 0 Å². The molecule has 1 rings (SSSR count). The molecule has 0 atom stereocenters. The minimum absolute atomic E-state index is 0.317. The summed E-state index contributed by atoms with van der Waals surface area (Å²) in [5, 5.41) is 11.7. The first-order valence-corrected chi connectivity index (χ1v) is 2.11. The number of aromatic nitrogens is 3. The SMILES string of the molecule is Nc1nc(=O)cnn1O. The molecule has 6 heteroatoms. The topological polar surface area (TPSA) is 94.0 Å². The van der Waals surface area contributed by atoms with Crippen molar-refractivity contribution >= 4 is 5.95 Å². The van der Waals surface area contributed by atoms with Gasteiger partial charge in [0.05, 0.1) is 0 Å². The van der Waals surface area contributed by atoms with Crippen LogP contribution in [0.5, 0.6) is 0 Å². The van der Waals surface area contributed by atoms with Crippen LogP contribution < -0.4 is 11.3 Å². The molecule has 1 heterocycles. The monoisotopic (exact) mass is 128 g/mol. The largest absolute Gasteiger partial charge is 0.409 e. The Balaban J connectivity index is 3.34. The summed E-state index contributed by atoms with van der Waals surface area (Å²) in [7, 11) is 0. The molecule has 0 aliphatic rings. The fourth-order valence-corrected chi connectivity index (χ4v) is 0.350. The maximum absolute atomic E-state index is 10.3. The normalized spacial score (nSPS) is 9.33. The fraction of sp³-hybridized carbons (Fsp3) is 0. The molecule has 0 spiro atoms. The molecule has 0 radical (unpaired) electrons. The Morgan fingerprint density at radius 1 is 1.78 bits per heavy atom. The summed E-state index contributed by atoms with van der Waals surface area (Å²) in [6, 6.07) is 0. The highest BCUT2D eigenvalue weighted by atomic mass is 16.5.